The molecule has 3 aromatic carbocycles. The van der Waals surface area contributed by atoms with Gasteiger partial charge in [-0.1, -0.05) is 46.3 Å². The number of anilines is 2. The Hall–Kier alpha value is -3.92. The van der Waals surface area contributed by atoms with E-state index in [4.69, 9.17) is 0 Å². The zero-order valence-electron chi connectivity index (χ0n) is 19.5. The van der Waals surface area contributed by atoms with E-state index in [2.05, 4.69) is 21.2 Å². The molecule has 3 aliphatic rings. The highest BCUT2D eigenvalue weighted by Crippen LogP contribution is 2.53. The summed E-state index contributed by atoms with van der Waals surface area (Å²) in [6.07, 6.45) is -1.09. The van der Waals surface area contributed by atoms with E-state index in [0.29, 0.717) is 5.69 Å². The molecule has 3 aromatic rings. The van der Waals surface area contributed by atoms with Gasteiger partial charge < -0.3 is 10.2 Å². The lowest BCUT2D eigenvalue weighted by Crippen LogP contribution is -2.46. The number of carbonyl (C=O) groups is 3. The van der Waals surface area contributed by atoms with E-state index < -0.39 is 53.4 Å². The first kappa shape index (κ1) is 24.4. The summed E-state index contributed by atoms with van der Waals surface area (Å²) in [6, 6.07) is 16.8. The van der Waals surface area contributed by atoms with Crippen LogP contribution in [-0.2, 0) is 20.6 Å². The zero-order chi connectivity index (χ0) is 26.8. The maximum absolute atomic E-state index is 13.8. The highest BCUT2D eigenvalue weighted by atomic mass is 79.9. The van der Waals surface area contributed by atoms with Crippen LogP contribution in [0.15, 0.2) is 83.5 Å². The number of benzene rings is 3. The van der Waals surface area contributed by atoms with E-state index in [0.717, 1.165) is 32.6 Å². The highest BCUT2D eigenvalue weighted by molar-refractivity contribution is 9.10. The quantitative estimate of drug-likeness (QED) is 0.407. The summed E-state index contributed by atoms with van der Waals surface area (Å²) in [6.45, 7) is 0. The Balaban J connectivity index is 1.41. The SMILES string of the molecule is O=C(Nc1cccc(C(F)(F)F)c1)[C@@H]1[C@@H]2C(=O)N(c3ccc(Br)cc3)C(=O)[C@H]2[C@@H]2c3ccccc3C=CN12. The molecule has 3 amide bonds. The molecule has 2 fully saturated rings. The van der Waals surface area contributed by atoms with Crippen molar-refractivity contribution in [3.63, 3.8) is 0 Å². The van der Waals surface area contributed by atoms with E-state index in [1.807, 2.05) is 24.3 Å². The van der Waals surface area contributed by atoms with Crippen LogP contribution < -0.4 is 10.2 Å². The van der Waals surface area contributed by atoms with Gasteiger partial charge >= 0.3 is 6.18 Å². The van der Waals surface area contributed by atoms with Gasteiger partial charge in [0, 0.05) is 16.4 Å². The van der Waals surface area contributed by atoms with Crippen molar-refractivity contribution in [1.29, 1.82) is 0 Å². The Bertz CT molecular complexity index is 1500. The molecule has 6 rings (SSSR count). The largest absolute Gasteiger partial charge is 0.416 e. The van der Waals surface area contributed by atoms with Crippen LogP contribution >= 0.6 is 15.9 Å². The van der Waals surface area contributed by atoms with Crippen molar-refractivity contribution in [3.8, 4) is 0 Å². The lowest BCUT2D eigenvalue weighted by Gasteiger charge is -2.35. The van der Waals surface area contributed by atoms with Crippen molar-refractivity contribution in [2.45, 2.75) is 18.3 Å². The van der Waals surface area contributed by atoms with Crippen molar-refractivity contribution >= 4 is 51.1 Å². The molecule has 0 saturated carbocycles. The van der Waals surface area contributed by atoms with Crippen LogP contribution in [0.1, 0.15) is 22.7 Å². The Kier molecular flexibility index (Phi) is 5.68. The van der Waals surface area contributed by atoms with Crippen molar-refractivity contribution in [1.82, 2.24) is 4.90 Å². The minimum Gasteiger partial charge on any atom is -0.357 e. The lowest BCUT2D eigenvalue weighted by molar-refractivity contribution is -0.137. The van der Waals surface area contributed by atoms with Crippen LogP contribution in [0.25, 0.3) is 6.08 Å². The number of rotatable bonds is 3. The van der Waals surface area contributed by atoms with Crippen LogP contribution in [0, 0.1) is 11.8 Å². The van der Waals surface area contributed by atoms with Gasteiger partial charge in [0.15, 0.2) is 0 Å². The minimum absolute atomic E-state index is 0.0484. The summed E-state index contributed by atoms with van der Waals surface area (Å²) in [4.78, 5) is 44.1. The first-order valence-corrected chi connectivity index (χ1v) is 12.6. The molecule has 10 heteroatoms. The van der Waals surface area contributed by atoms with Crippen LogP contribution in [0.3, 0.4) is 0 Å². The number of halogens is 4. The van der Waals surface area contributed by atoms with E-state index >= 15 is 0 Å². The molecule has 0 spiro atoms. The molecule has 0 aromatic heterocycles. The molecule has 3 aliphatic heterocycles. The smallest absolute Gasteiger partial charge is 0.357 e. The Morgan fingerprint density at radius 3 is 2.34 bits per heavy atom. The molecule has 3 heterocycles. The minimum atomic E-state index is -4.58. The van der Waals surface area contributed by atoms with Crippen LogP contribution in [0.2, 0.25) is 0 Å². The number of hydrogen-bond acceptors (Lipinski definition) is 4. The maximum Gasteiger partial charge on any atom is 0.416 e. The predicted octanol–water partition coefficient (Wildman–Crippen LogP) is 5.62. The second kappa shape index (κ2) is 8.83. The van der Waals surface area contributed by atoms with Crippen molar-refractivity contribution < 1.29 is 27.6 Å². The molecule has 38 heavy (non-hydrogen) atoms. The first-order chi connectivity index (χ1) is 18.1. The molecular weight excluding hydrogens is 563 g/mol. The number of nitrogens with zero attached hydrogens (tertiary/aromatic N) is 2. The number of alkyl halides is 3. The molecule has 1 N–H and O–H groups in total. The van der Waals surface area contributed by atoms with Gasteiger partial charge in [-0.2, -0.15) is 13.2 Å². The number of amides is 3. The third-order valence-corrected chi connectivity index (χ3v) is 7.80. The fourth-order valence-electron chi connectivity index (χ4n) is 5.69. The van der Waals surface area contributed by atoms with Gasteiger partial charge in [0.05, 0.1) is 29.1 Å². The van der Waals surface area contributed by atoms with Crippen molar-refractivity contribution in [2.75, 3.05) is 10.2 Å². The third kappa shape index (κ3) is 3.82. The second-order valence-corrected chi connectivity index (χ2v) is 10.3. The van der Waals surface area contributed by atoms with Crippen molar-refractivity contribution in [2.24, 2.45) is 11.8 Å². The Morgan fingerprint density at radius 2 is 1.61 bits per heavy atom. The molecule has 0 radical (unpaired) electrons. The summed E-state index contributed by atoms with van der Waals surface area (Å²) in [5.74, 6) is -3.49. The topological polar surface area (TPSA) is 69.7 Å². The average molecular weight is 582 g/mol. The van der Waals surface area contributed by atoms with Crippen molar-refractivity contribution in [3.05, 3.63) is 100 Å². The van der Waals surface area contributed by atoms with E-state index in [1.165, 1.54) is 12.1 Å². The summed E-state index contributed by atoms with van der Waals surface area (Å²) in [5, 5.41) is 2.56. The Morgan fingerprint density at radius 1 is 0.895 bits per heavy atom. The normalized spacial score (nSPS) is 23.8. The number of hydrogen-bond donors (Lipinski definition) is 1. The average Bonchev–Trinajstić information content (AvgIpc) is 3.37. The van der Waals surface area contributed by atoms with Crippen LogP contribution in [0.5, 0.6) is 0 Å². The number of imide groups is 1. The molecule has 0 unspecified atom stereocenters. The third-order valence-electron chi connectivity index (χ3n) is 7.27. The summed E-state index contributed by atoms with van der Waals surface area (Å²) in [5.41, 5.74) is 1.11. The van der Waals surface area contributed by atoms with E-state index in [-0.39, 0.29) is 5.69 Å². The number of fused-ring (bicyclic) bond motifs is 5. The number of nitrogens with one attached hydrogen (secondary N) is 1. The molecular formula is C28H19BrF3N3O3. The fourth-order valence-corrected chi connectivity index (χ4v) is 5.96. The van der Waals surface area contributed by atoms with Gasteiger partial charge in [0.25, 0.3) is 0 Å². The van der Waals surface area contributed by atoms with E-state index in [1.54, 1.807) is 41.4 Å². The van der Waals surface area contributed by atoms with Gasteiger partial charge in [-0.3, -0.25) is 14.4 Å². The molecule has 2 saturated heterocycles. The van der Waals surface area contributed by atoms with Gasteiger partial charge in [-0.15, -0.1) is 0 Å². The predicted molar refractivity (Wildman–Crippen MR) is 138 cm³/mol. The Labute approximate surface area is 223 Å². The van der Waals surface area contributed by atoms with Gasteiger partial charge in [0.1, 0.15) is 6.04 Å². The number of carbonyl (C=O) groups excluding carboxylic acids is 3. The molecule has 192 valence electrons. The monoisotopic (exact) mass is 581 g/mol. The zero-order valence-corrected chi connectivity index (χ0v) is 21.1. The van der Waals surface area contributed by atoms with Gasteiger partial charge in [-0.25, -0.2) is 4.90 Å². The molecule has 6 nitrogen and oxygen atoms in total. The highest BCUT2D eigenvalue weighted by Gasteiger charge is 2.64. The molecule has 0 aliphatic carbocycles. The summed E-state index contributed by atoms with van der Waals surface area (Å²) >= 11 is 3.35. The fraction of sp³-hybridized carbons (Fsp3) is 0.179. The standard InChI is InChI=1S/C28H19BrF3N3O3/c29-17-8-10-19(11-9-17)35-26(37)21-22(27(35)38)24(34-13-12-15-4-1-2-7-20(15)23(21)34)25(36)33-18-6-3-5-16(14-18)28(30,31)32/h1-14,21-24H,(H,33,36)/t21-,22-,23+,24+/m1/s1. The van der Waals surface area contributed by atoms with Crippen LogP contribution in [0.4, 0.5) is 24.5 Å². The lowest BCUT2D eigenvalue weighted by atomic mass is 9.84. The van der Waals surface area contributed by atoms with Gasteiger partial charge in [-0.05, 0) is 59.7 Å². The van der Waals surface area contributed by atoms with Crippen LogP contribution in [-0.4, -0.2) is 28.7 Å². The summed E-state index contributed by atoms with van der Waals surface area (Å²) in [7, 11) is 0. The molecule has 0 bridgehead atoms. The van der Waals surface area contributed by atoms with E-state index in [9.17, 15) is 27.6 Å². The first-order valence-electron chi connectivity index (χ1n) is 11.8. The van der Waals surface area contributed by atoms with Gasteiger partial charge in [0.2, 0.25) is 17.7 Å². The second-order valence-electron chi connectivity index (χ2n) is 9.39. The molecule has 4 atom stereocenters. The summed E-state index contributed by atoms with van der Waals surface area (Å²) < 4.78 is 40.5. The maximum atomic E-state index is 13.8.